The van der Waals surface area contributed by atoms with Crippen LogP contribution in [0.3, 0.4) is 0 Å². The van der Waals surface area contributed by atoms with E-state index in [2.05, 4.69) is 40.4 Å². The highest BCUT2D eigenvalue weighted by Crippen LogP contribution is 2.42. The Kier molecular flexibility index (Phi) is 7.29. The molecule has 1 aliphatic carbocycles. The maximum absolute atomic E-state index is 10.7. The van der Waals surface area contributed by atoms with Gasteiger partial charge in [-0.2, -0.15) is 0 Å². The van der Waals surface area contributed by atoms with Gasteiger partial charge in [0, 0.05) is 6.42 Å². The van der Waals surface area contributed by atoms with E-state index in [1.165, 1.54) is 32.1 Å². The lowest BCUT2D eigenvalue weighted by Gasteiger charge is -2.43. The van der Waals surface area contributed by atoms with Crippen molar-refractivity contribution in [3.05, 3.63) is 48.0 Å². The van der Waals surface area contributed by atoms with Crippen molar-refractivity contribution in [1.82, 2.24) is 0 Å². The summed E-state index contributed by atoms with van der Waals surface area (Å²) >= 11 is 0. The van der Waals surface area contributed by atoms with Gasteiger partial charge in [0.2, 0.25) is 0 Å². The third kappa shape index (κ3) is 5.55. The smallest absolute Gasteiger partial charge is 0.192 e. The SMILES string of the molecule is C=C(C[C@@H](O)c1ccccc1)[C@H](O[Si](C)(C)C(C)(C)C)C1CCCCC1. The minimum absolute atomic E-state index is 0.0783. The van der Waals surface area contributed by atoms with Crippen molar-refractivity contribution < 1.29 is 9.53 Å². The molecule has 0 aromatic heterocycles. The molecule has 0 radical (unpaired) electrons. The van der Waals surface area contributed by atoms with Gasteiger partial charge in [-0.25, -0.2) is 0 Å². The quantitative estimate of drug-likeness (QED) is 0.428. The van der Waals surface area contributed by atoms with Crippen LogP contribution in [0.4, 0.5) is 0 Å². The van der Waals surface area contributed by atoms with Crippen LogP contribution in [0.2, 0.25) is 18.1 Å². The summed E-state index contributed by atoms with van der Waals surface area (Å²) < 4.78 is 6.87. The van der Waals surface area contributed by atoms with E-state index in [9.17, 15) is 5.11 Å². The Bertz CT molecular complexity index is 568. The molecule has 0 amide bonds. The van der Waals surface area contributed by atoms with Crippen molar-refractivity contribution in [2.24, 2.45) is 5.92 Å². The molecule has 0 heterocycles. The van der Waals surface area contributed by atoms with Gasteiger partial charge in [-0.1, -0.05) is 76.9 Å². The molecule has 1 aromatic carbocycles. The van der Waals surface area contributed by atoms with Gasteiger partial charge in [0.05, 0.1) is 12.2 Å². The van der Waals surface area contributed by atoms with E-state index in [0.717, 1.165) is 11.1 Å². The van der Waals surface area contributed by atoms with Crippen LogP contribution in [0.15, 0.2) is 42.5 Å². The fourth-order valence-corrected chi connectivity index (χ4v) is 4.95. The third-order valence-electron chi connectivity index (χ3n) is 6.35. The molecule has 1 N–H and O–H groups in total. The second-order valence-electron chi connectivity index (χ2n) is 9.49. The van der Waals surface area contributed by atoms with Crippen molar-refractivity contribution >= 4 is 8.32 Å². The molecule has 0 spiro atoms. The summed E-state index contributed by atoms with van der Waals surface area (Å²) in [6.07, 6.45) is 6.52. The van der Waals surface area contributed by atoms with Crippen LogP contribution in [0.25, 0.3) is 0 Å². The van der Waals surface area contributed by atoms with Crippen molar-refractivity contribution in [2.45, 2.75) is 89.6 Å². The van der Waals surface area contributed by atoms with Crippen LogP contribution in [0, 0.1) is 5.92 Å². The second kappa shape index (κ2) is 8.86. The zero-order valence-electron chi connectivity index (χ0n) is 17.4. The highest BCUT2D eigenvalue weighted by molar-refractivity contribution is 6.74. The molecule has 26 heavy (non-hydrogen) atoms. The number of benzene rings is 1. The third-order valence-corrected chi connectivity index (χ3v) is 10.8. The number of aliphatic hydroxyl groups is 1. The Morgan fingerprint density at radius 2 is 1.73 bits per heavy atom. The summed E-state index contributed by atoms with van der Waals surface area (Å²) in [7, 11) is -1.89. The van der Waals surface area contributed by atoms with Gasteiger partial charge < -0.3 is 9.53 Å². The molecule has 3 heteroatoms. The minimum atomic E-state index is -1.89. The van der Waals surface area contributed by atoms with Crippen LogP contribution in [-0.4, -0.2) is 19.5 Å². The van der Waals surface area contributed by atoms with Crippen LogP contribution in [-0.2, 0) is 4.43 Å². The molecule has 0 aliphatic heterocycles. The molecular weight excluding hydrogens is 336 g/mol. The highest BCUT2D eigenvalue weighted by Gasteiger charge is 2.41. The van der Waals surface area contributed by atoms with E-state index >= 15 is 0 Å². The van der Waals surface area contributed by atoms with Crippen molar-refractivity contribution in [3.63, 3.8) is 0 Å². The summed E-state index contributed by atoms with van der Waals surface area (Å²) in [6.45, 7) is 15.9. The number of rotatable bonds is 7. The monoisotopic (exact) mass is 374 g/mol. The highest BCUT2D eigenvalue weighted by atomic mass is 28.4. The Morgan fingerprint density at radius 1 is 1.15 bits per heavy atom. The Hall–Kier alpha value is -0.903. The average Bonchev–Trinajstić information content (AvgIpc) is 2.60. The van der Waals surface area contributed by atoms with E-state index in [-0.39, 0.29) is 11.1 Å². The Balaban J connectivity index is 2.15. The fourth-order valence-electron chi connectivity index (χ4n) is 3.60. The molecule has 1 aromatic rings. The molecule has 2 atom stereocenters. The molecule has 1 aliphatic rings. The largest absolute Gasteiger partial charge is 0.410 e. The summed E-state index contributed by atoms with van der Waals surface area (Å²) in [4.78, 5) is 0. The molecule has 1 fully saturated rings. The first-order valence-corrected chi connectivity index (χ1v) is 13.1. The van der Waals surface area contributed by atoms with Gasteiger partial charge >= 0.3 is 0 Å². The van der Waals surface area contributed by atoms with Crippen LogP contribution in [0.1, 0.15) is 71.0 Å². The number of hydrogen-bond donors (Lipinski definition) is 1. The van der Waals surface area contributed by atoms with Crippen molar-refractivity contribution in [3.8, 4) is 0 Å². The first kappa shape index (κ1) is 21.4. The van der Waals surface area contributed by atoms with Crippen molar-refractivity contribution in [2.75, 3.05) is 0 Å². The molecule has 1 saturated carbocycles. The first-order valence-electron chi connectivity index (χ1n) is 10.2. The van der Waals surface area contributed by atoms with E-state index < -0.39 is 14.4 Å². The summed E-state index contributed by atoms with van der Waals surface area (Å²) in [5.41, 5.74) is 2.03. The van der Waals surface area contributed by atoms with Gasteiger partial charge in [0.15, 0.2) is 8.32 Å². The maximum Gasteiger partial charge on any atom is 0.192 e. The van der Waals surface area contributed by atoms with Gasteiger partial charge in [0.1, 0.15) is 0 Å². The molecule has 0 unspecified atom stereocenters. The zero-order valence-corrected chi connectivity index (χ0v) is 18.4. The number of hydrogen-bond acceptors (Lipinski definition) is 2. The predicted octanol–water partition coefficient (Wildman–Crippen LogP) is 6.64. The van der Waals surface area contributed by atoms with Crippen molar-refractivity contribution in [1.29, 1.82) is 0 Å². The first-order chi connectivity index (χ1) is 12.1. The van der Waals surface area contributed by atoms with E-state index in [1.54, 1.807) is 0 Å². The summed E-state index contributed by atoms with van der Waals surface area (Å²) in [6, 6.07) is 9.92. The lowest BCUT2D eigenvalue weighted by Crippen LogP contribution is -2.46. The zero-order chi connectivity index (χ0) is 19.4. The van der Waals surface area contributed by atoms with E-state index in [1.807, 2.05) is 30.3 Å². The van der Waals surface area contributed by atoms with Gasteiger partial charge in [-0.05, 0) is 48.0 Å². The van der Waals surface area contributed by atoms with E-state index in [4.69, 9.17) is 4.43 Å². The minimum Gasteiger partial charge on any atom is -0.410 e. The van der Waals surface area contributed by atoms with E-state index in [0.29, 0.717) is 12.3 Å². The normalized spacial score (nSPS) is 19.2. The Labute approximate surface area is 161 Å². The van der Waals surface area contributed by atoms with Crippen LogP contribution >= 0.6 is 0 Å². The predicted molar refractivity (Wildman–Crippen MR) is 114 cm³/mol. The van der Waals surface area contributed by atoms with Crippen LogP contribution in [0.5, 0.6) is 0 Å². The fraction of sp³-hybridized carbons (Fsp3) is 0.652. The maximum atomic E-state index is 10.7. The molecule has 0 saturated heterocycles. The lowest BCUT2D eigenvalue weighted by atomic mass is 9.81. The topological polar surface area (TPSA) is 29.5 Å². The molecule has 146 valence electrons. The molecular formula is C23H38O2Si. The van der Waals surface area contributed by atoms with Gasteiger partial charge in [0.25, 0.3) is 0 Å². The summed E-state index contributed by atoms with van der Waals surface area (Å²) in [5, 5.41) is 10.9. The van der Waals surface area contributed by atoms with Gasteiger partial charge in [-0.3, -0.25) is 0 Å². The standard InChI is InChI=1S/C23H38O2Si/c1-18(17-21(24)19-13-9-7-10-14-19)22(20-15-11-8-12-16-20)25-26(5,6)23(2,3)4/h7,9-10,13-14,20-22,24H,1,8,11-12,15-17H2,2-6H3/t21-,22+/m1/s1. The number of aliphatic hydroxyl groups excluding tert-OH is 1. The van der Waals surface area contributed by atoms with Gasteiger partial charge in [-0.15, -0.1) is 0 Å². The molecule has 2 nitrogen and oxygen atoms in total. The lowest BCUT2D eigenvalue weighted by molar-refractivity contribution is 0.106. The Morgan fingerprint density at radius 3 is 2.27 bits per heavy atom. The molecule has 0 bridgehead atoms. The molecule has 2 rings (SSSR count). The second-order valence-corrected chi connectivity index (χ2v) is 14.2. The average molecular weight is 375 g/mol. The van der Waals surface area contributed by atoms with Crippen LogP contribution < -0.4 is 0 Å². The summed E-state index contributed by atoms with van der Waals surface area (Å²) in [5.74, 6) is 0.549.